The van der Waals surface area contributed by atoms with Gasteiger partial charge in [0.2, 0.25) is 0 Å². The zero-order chi connectivity index (χ0) is 13.2. The molecule has 19 heavy (non-hydrogen) atoms. The second-order valence-corrected chi connectivity index (χ2v) is 5.37. The number of hydrogen-bond acceptors (Lipinski definition) is 6. The van der Waals surface area contributed by atoms with Gasteiger partial charge in [0, 0.05) is 6.54 Å². The maximum Gasteiger partial charge on any atom is 0.309 e. The van der Waals surface area contributed by atoms with Crippen LogP contribution in [-0.2, 0) is 16.1 Å². The number of carbonyl (C=O) groups is 1. The molecular weight excluding hydrogens is 246 g/mol. The number of esters is 1. The van der Waals surface area contributed by atoms with Gasteiger partial charge in [0.25, 0.3) is 0 Å². The summed E-state index contributed by atoms with van der Waals surface area (Å²) in [6, 6.07) is 0.492. The van der Waals surface area contributed by atoms with Gasteiger partial charge in [-0.25, -0.2) is 4.68 Å². The van der Waals surface area contributed by atoms with Gasteiger partial charge >= 0.3 is 5.97 Å². The number of rotatable bonds is 4. The smallest absolute Gasteiger partial charge is 0.309 e. The molecule has 0 N–H and O–H groups in total. The minimum absolute atomic E-state index is 0.0102. The van der Waals surface area contributed by atoms with Crippen LogP contribution in [0.2, 0.25) is 0 Å². The molecule has 0 bridgehead atoms. The van der Waals surface area contributed by atoms with Crippen LogP contribution in [0.15, 0.2) is 0 Å². The van der Waals surface area contributed by atoms with E-state index in [1.165, 1.54) is 20.0 Å². The average Bonchev–Trinajstić information content (AvgIpc) is 3.19. The predicted molar refractivity (Wildman–Crippen MR) is 66.1 cm³/mol. The van der Waals surface area contributed by atoms with E-state index >= 15 is 0 Å². The molecule has 7 heteroatoms. The summed E-state index contributed by atoms with van der Waals surface area (Å²) in [6.45, 7) is 2.45. The Morgan fingerprint density at radius 3 is 3.00 bits per heavy atom. The number of piperidine rings is 1. The number of hydrogen-bond donors (Lipinski definition) is 0. The fourth-order valence-corrected chi connectivity index (χ4v) is 2.68. The molecule has 2 heterocycles. The zero-order valence-electron chi connectivity index (χ0n) is 11.2. The molecule has 0 amide bonds. The minimum atomic E-state index is -0.105. The molecule has 0 radical (unpaired) electrons. The number of methoxy groups -OCH3 is 1. The number of aromatic nitrogens is 4. The van der Waals surface area contributed by atoms with Crippen LogP contribution >= 0.6 is 0 Å². The van der Waals surface area contributed by atoms with Crippen LogP contribution in [0.3, 0.4) is 0 Å². The number of nitrogens with zero attached hydrogens (tertiary/aromatic N) is 5. The number of ether oxygens (including phenoxy) is 1. The molecule has 1 saturated carbocycles. The van der Waals surface area contributed by atoms with Crippen molar-refractivity contribution in [3.8, 4) is 0 Å². The van der Waals surface area contributed by atoms with Crippen LogP contribution in [0.5, 0.6) is 0 Å². The van der Waals surface area contributed by atoms with Crippen molar-refractivity contribution >= 4 is 5.97 Å². The summed E-state index contributed by atoms with van der Waals surface area (Å²) in [4.78, 5) is 13.9. The SMILES string of the molecule is COC(=O)C1CCCN(Cc2nnnn2C2CC2)C1. The van der Waals surface area contributed by atoms with Crippen LogP contribution < -0.4 is 0 Å². The van der Waals surface area contributed by atoms with E-state index in [9.17, 15) is 4.79 Å². The Morgan fingerprint density at radius 1 is 1.42 bits per heavy atom. The summed E-state index contributed by atoms with van der Waals surface area (Å²) in [5.74, 6) is 0.795. The lowest BCUT2D eigenvalue weighted by Gasteiger charge is -2.30. The topological polar surface area (TPSA) is 73.1 Å². The highest BCUT2D eigenvalue weighted by atomic mass is 16.5. The number of tetrazole rings is 1. The fraction of sp³-hybridized carbons (Fsp3) is 0.833. The van der Waals surface area contributed by atoms with E-state index in [4.69, 9.17) is 4.74 Å². The van der Waals surface area contributed by atoms with E-state index < -0.39 is 0 Å². The van der Waals surface area contributed by atoms with E-state index in [-0.39, 0.29) is 11.9 Å². The highest BCUT2D eigenvalue weighted by Gasteiger charge is 2.30. The van der Waals surface area contributed by atoms with Crippen LogP contribution in [0.4, 0.5) is 0 Å². The standard InChI is InChI=1S/C12H19N5O2/c1-19-12(18)9-3-2-6-16(7-9)8-11-13-14-15-17(11)10-4-5-10/h9-10H,2-8H2,1H3. The Bertz CT molecular complexity index is 457. The van der Waals surface area contributed by atoms with Crippen molar-refractivity contribution in [2.24, 2.45) is 5.92 Å². The van der Waals surface area contributed by atoms with Crippen molar-refractivity contribution in [2.45, 2.75) is 38.3 Å². The molecule has 104 valence electrons. The van der Waals surface area contributed by atoms with Crippen LogP contribution in [0.25, 0.3) is 0 Å². The van der Waals surface area contributed by atoms with Gasteiger partial charge in [0.15, 0.2) is 5.82 Å². The minimum Gasteiger partial charge on any atom is -0.469 e. The molecule has 1 aliphatic carbocycles. The van der Waals surface area contributed by atoms with Crippen LogP contribution in [-0.4, -0.2) is 51.3 Å². The van der Waals surface area contributed by atoms with Gasteiger partial charge in [0.1, 0.15) is 0 Å². The third kappa shape index (κ3) is 2.75. The van der Waals surface area contributed by atoms with Crippen molar-refractivity contribution in [3.63, 3.8) is 0 Å². The highest BCUT2D eigenvalue weighted by Crippen LogP contribution is 2.34. The van der Waals surface area contributed by atoms with E-state index in [2.05, 4.69) is 20.4 Å². The lowest BCUT2D eigenvalue weighted by Crippen LogP contribution is -2.39. The normalized spacial score (nSPS) is 24.4. The van der Waals surface area contributed by atoms with Gasteiger partial charge in [0.05, 0.1) is 25.6 Å². The molecule has 1 aromatic heterocycles. The monoisotopic (exact) mass is 265 g/mol. The third-order valence-electron chi connectivity index (χ3n) is 3.86. The van der Waals surface area contributed by atoms with E-state index in [1.807, 2.05) is 4.68 Å². The van der Waals surface area contributed by atoms with E-state index in [0.717, 1.165) is 38.3 Å². The first-order valence-corrected chi connectivity index (χ1v) is 6.85. The van der Waals surface area contributed by atoms with Gasteiger partial charge in [-0.05, 0) is 42.7 Å². The average molecular weight is 265 g/mol. The quantitative estimate of drug-likeness (QED) is 0.733. The van der Waals surface area contributed by atoms with Crippen molar-refractivity contribution in [1.29, 1.82) is 0 Å². The Hall–Kier alpha value is -1.50. The maximum atomic E-state index is 11.6. The molecule has 1 saturated heterocycles. The van der Waals surface area contributed by atoms with Gasteiger partial charge < -0.3 is 4.74 Å². The number of carbonyl (C=O) groups excluding carboxylic acids is 1. The van der Waals surface area contributed by atoms with Gasteiger partial charge in [-0.3, -0.25) is 9.69 Å². The van der Waals surface area contributed by atoms with Crippen molar-refractivity contribution < 1.29 is 9.53 Å². The van der Waals surface area contributed by atoms with Crippen molar-refractivity contribution in [3.05, 3.63) is 5.82 Å². The first-order valence-electron chi connectivity index (χ1n) is 6.85. The predicted octanol–water partition coefficient (Wildman–Crippen LogP) is 0.393. The Kier molecular flexibility index (Phi) is 3.46. The molecular formula is C12H19N5O2. The summed E-state index contributed by atoms with van der Waals surface area (Å²) in [5.41, 5.74) is 0. The van der Waals surface area contributed by atoms with Crippen LogP contribution in [0, 0.1) is 5.92 Å². The Balaban J connectivity index is 1.62. The third-order valence-corrected chi connectivity index (χ3v) is 3.86. The number of likely N-dealkylation sites (tertiary alicyclic amines) is 1. The second-order valence-electron chi connectivity index (χ2n) is 5.37. The molecule has 3 rings (SSSR count). The van der Waals surface area contributed by atoms with Gasteiger partial charge in [-0.1, -0.05) is 0 Å². The molecule has 1 atom stereocenters. The summed E-state index contributed by atoms with van der Waals surface area (Å²) in [7, 11) is 1.45. The first-order chi connectivity index (χ1) is 9.28. The summed E-state index contributed by atoms with van der Waals surface area (Å²) >= 11 is 0. The maximum absolute atomic E-state index is 11.6. The molecule has 2 fully saturated rings. The lowest BCUT2D eigenvalue weighted by molar-refractivity contribution is -0.147. The van der Waals surface area contributed by atoms with E-state index in [0.29, 0.717) is 6.04 Å². The molecule has 0 aromatic carbocycles. The summed E-state index contributed by atoms with van der Waals surface area (Å²) < 4.78 is 6.77. The Morgan fingerprint density at radius 2 is 2.26 bits per heavy atom. The lowest BCUT2D eigenvalue weighted by atomic mass is 9.98. The first kappa shape index (κ1) is 12.5. The molecule has 1 aromatic rings. The van der Waals surface area contributed by atoms with Crippen LogP contribution in [0.1, 0.15) is 37.5 Å². The Labute approximate surface area is 111 Å². The summed E-state index contributed by atoms with van der Waals surface area (Å²) in [6.07, 6.45) is 4.27. The second kappa shape index (κ2) is 5.24. The fourth-order valence-electron chi connectivity index (χ4n) is 2.68. The summed E-state index contributed by atoms with van der Waals surface area (Å²) in [5, 5.41) is 11.9. The van der Waals surface area contributed by atoms with E-state index in [1.54, 1.807) is 0 Å². The van der Waals surface area contributed by atoms with Gasteiger partial charge in [-0.2, -0.15) is 0 Å². The largest absolute Gasteiger partial charge is 0.469 e. The highest BCUT2D eigenvalue weighted by molar-refractivity contribution is 5.72. The molecule has 1 unspecified atom stereocenters. The molecule has 0 spiro atoms. The van der Waals surface area contributed by atoms with Crippen molar-refractivity contribution in [1.82, 2.24) is 25.1 Å². The zero-order valence-corrected chi connectivity index (χ0v) is 11.2. The molecule has 2 aliphatic rings. The van der Waals surface area contributed by atoms with Crippen molar-refractivity contribution in [2.75, 3.05) is 20.2 Å². The molecule has 7 nitrogen and oxygen atoms in total. The van der Waals surface area contributed by atoms with Gasteiger partial charge in [-0.15, -0.1) is 5.10 Å². The molecule has 1 aliphatic heterocycles.